The first-order valence-corrected chi connectivity index (χ1v) is 9.46. The number of nitrogens with one attached hydrogen (secondary N) is 2. The fraction of sp³-hybridized carbons (Fsp3) is 0.350. The molecule has 4 heterocycles. The van der Waals surface area contributed by atoms with Crippen LogP contribution in [0.1, 0.15) is 18.1 Å². The summed E-state index contributed by atoms with van der Waals surface area (Å²) in [5.41, 5.74) is 2.05. The van der Waals surface area contributed by atoms with Gasteiger partial charge in [-0.3, -0.25) is 10.00 Å². The number of rotatable bonds is 4. The van der Waals surface area contributed by atoms with Crippen molar-refractivity contribution in [3.05, 3.63) is 59.3 Å². The maximum Gasteiger partial charge on any atom is 0.417 e. The number of hydrogen-bond donors (Lipinski definition) is 2. The average molecular weight is 415 g/mol. The van der Waals surface area contributed by atoms with Gasteiger partial charge in [0, 0.05) is 49.5 Å². The van der Waals surface area contributed by atoms with Crippen LogP contribution in [0.3, 0.4) is 0 Å². The van der Waals surface area contributed by atoms with Crippen molar-refractivity contribution in [2.45, 2.75) is 25.7 Å². The molecule has 0 saturated carbocycles. The van der Waals surface area contributed by atoms with Crippen LogP contribution in [0.4, 0.5) is 24.8 Å². The highest BCUT2D eigenvalue weighted by atomic mass is 19.4. The molecule has 7 nitrogen and oxygen atoms in total. The summed E-state index contributed by atoms with van der Waals surface area (Å²) in [6.45, 7) is 12.0. The molecule has 3 aromatic rings. The summed E-state index contributed by atoms with van der Waals surface area (Å²) in [4.78, 5) is 14.6. The van der Waals surface area contributed by atoms with Crippen LogP contribution in [0.15, 0.2) is 36.8 Å². The molecule has 0 unspecified atom stereocenters. The first-order chi connectivity index (χ1) is 14.3. The number of halogens is 3. The Balaban J connectivity index is 1.42. The molecule has 0 radical (unpaired) electrons. The minimum absolute atomic E-state index is 0.0966. The van der Waals surface area contributed by atoms with Crippen LogP contribution in [0.25, 0.3) is 16.1 Å². The van der Waals surface area contributed by atoms with Crippen molar-refractivity contribution in [3.8, 4) is 11.3 Å². The predicted octanol–water partition coefficient (Wildman–Crippen LogP) is 4.08. The van der Waals surface area contributed by atoms with E-state index in [2.05, 4.69) is 29.9 Å². The number of piperazine rings is 1. The topological polar surface area (TPSA) is 68.2 Å². The summed E-state index contributed by atoms with van der Waals surface area (Å²) in [5.74, 6) is 1.02. The zero-order valence-corrected chi connectivity index (χ0v) is 16.2. The van der Waals surface area contributed by atoms with Gasteiger partial charge in [0.05, 0.1) is 23.7 Å². The van der Waals surface area contributed by atoms with E-state index in [1.54, 1.807) is 18.5 Å². The Kier molecular flexibility index (Phi) is 5.22. The van der Waals surface area contributed by atoms with Crippen LogP contribution < -0.4 is 4.90 Å². The maximum absolute atomic E-state index is 12.8. The van der Waals surface area contributed by atoms with E-state index in [1.807, 2.05) is 11.8 Å². The molecule has 30 heavy (non-hydrogen) atoms. The van der Waals surface area contributed by atoms with Gasteiger partial charge in [0.2, 0.25) is 5.82 Å². The largest absolute Gasteiger partial charge is 0.417 e. The molecule has 0 bridgehead atoms. The fourth-order valence-electron chi connectivity index (χ4n) is 3.75. The molecule has 1 saturated heterocycles. The lowest BCUT2D eigenvalue weighted by molar-refractivity contribution is -0.137. The summed E-state index contributed by atoms with van der Waals surface area (Å²) >= 11 is 0. The molecule has 1 atom stereocenters. The lowest BCUT2D eigenvalue weighted by Gasteiger charge is -2.40. The second-order valence-corrected chi connectivity index (χ2v) is 7.34. The summed E-state index contributed by atoms with van der Waals surface area (Å²) in [7, 11) is 0. The molecular formula is C20H20F3N7. The van der Waals surface area contributed by atoms with Gasteiger partial charge in [-0.05, 0) is 25.1 Å². The average Bonchev–Trinajstić information content (AvgIpc) is 3.36. The van der Waals surface area contributed by atoms with Gasteiger partial charge in [0.15, 0.2) is 0 Å². The standard InChI is InChI=1S/C20H20F3N7/c1-13-11-29(5-6-30(13)18-4-3-16(10-26-18)20(21,22)23)12-15-9-27-28-19(15)14-7-17(24-2)25-8-14/h3-4,7-10,13,25H,5-6,11-12H2,1H3,(H,27,28)/t13-/m1/s1. The Hall–Kier alpha value is -3.32. The van der Waals surface area contributed by atoms with Crippen molar-refractivity contribution in [2.75, 3.05) is 24.5 Å². The van der Waals surface area contributed by atoms with Gasteiger partial charge in [0.25, 0.3) is 0 Å². The Morgan fingerprint density at radius 3 is 2.73 bits per heavy atom. The van der Waals surface area contributed by atoms with E-state index in [4.69, 9.17) is 6.57 Å². The molecule has 0 aliphatic carbocycles. The van der Waals surface area contributed by atoms with Gasteiger partial charge >= 0.3 is 6.18 Å². The Labute approximate surface area is 171 Å². The predicted molar refractivity (Wildman–Crippen MR) is 106 cm³/mol. The van der Waals surface area contributed by atoms with Crippen molar-refractivity contribution in [1.82, 2.24) is 25.1 Å². The van der Waals surface area contributed by atoms with Crippen LogP contribution in [0.5, 0.6) is 0 Å². The van der Waals surface area contributed by atoms with E-state index in [1.165, 1.54) is 6.07 Å². The molecule has 4 rings (SSSR count). The summed E-state index contributed by atoms with van der Waals surface area (Å²) < 4.78 is 38.3. The quantitative estimate of drug-likeness (QED) is 0.630. The van der Waals surface area contributed by atoms with E-state index < -0.39 is 11.7 Å². The molecule has 1 aliphatic heterocycles. The molecule has 1 aliphatic rings. The zero-order chi connectivity index (χ0) is 21.3. The molecule has 0 aromatic carbocycles. The third-order valence-electron chi connectivity index (χ3n) is 5.27. The normalized spacial score (nSPS) is 17.8. The summed E-state index contributed by atoms with van der Waals surface area (Å²) in [6, 6.07) is 4.39. The minimum Gasteiger partial charge on any atom is -0.364 e. The lowest BCUT2D eigenvalue weighted by Crippen LogP contribution is -2.51. The highest BCUT2D eigenvalue weighted by molar-refractivity contribution is 5.66. The van der Waals surface area contributed by atoms with E-state index in [-0.39, 0.29) is 6.04 Å². The molecule has 2 N–H and O–H groups in total. The molecule has 0 amide bonds. The number of hydrogen-bond acceptors (Lipinski definition) is 4. The maximum atomic E-state index is 12.8. The van der Waals surface area contributed by atoms with Crippen molar-refractivity contribution in [3.63, 3.8) is 0 Å². The summed E-state index contributed by atoms with van der Waals surface area (Å²) in [5, 5.41) is 7.15. The molecule has 0 spiro atoms. The number of aromatic amines is 2. The van der Waals surface area contributed by atoms with Crippen molar-refractivity contribution >= 4 is 11.6 Å². The number of nitrogens with zero attached hydrogens (tertiary/aromatic N) is 5. The Morgan fingerprint density at radius 1 is 1.27 bits per heavy atom. The van der Waals surface area contributed by atoms with Crippen LogP contribution >= 0.6 is 0 Å². The Morgan fingerprint density at radius 2 is 2.10 bits per heavy atom. The van der Waals surface area contributed by atoms with Crippen LogP contribution in [0.2, 0.25) is 0 Å². The second kappa shape index (κ2) is 7.84. The third-order valence-corrected chi connectivity index (χ3v) is 5.27. The number of alkyl halides is 3. The van der Waals surface area contributed by atoms with Crippen LogP contribution in [-0.4, -0.2) is 50.7 Å². The van der Waals surface area contributed by atoms with E-state index >= 15 is 0 Å². The monoisotopic (exact) mass is 415 g/mol. The van der Waals surface area contributed by atoms with Gasteiger partial charge in [-0.25, -0.2) is 4.98 Å². The molecule has 3 aromatic heterocycles. The number of pyridine rings is 1. The van der Waals surface area contributed by atoms with Gasteiger partial charge in [-0.1, -0.05) is 6.57 Å². The van der Waals surface area contributed by atoms with Gasteiger partial charge < -0.3 is 14.7 Å². The smallest absolute Gasteiger partial charge is 0.364 e. The van der Waals surface area contributed by atoms with Gasteiger partial charge in [-0.15, -0.1) is 0 Å². The SMILES string of the molecule is [C-]#[N+]c1cc(-c2[nH]ncc2CN2CCN(c3ccc(C(F)(F)F)cn3)[C@H](C)C2)c[nH]1. The molecular weight excluding hydrogens is 395 g/mol. The highest BCUT2D eigenvalue weighted by Crippen LogP contribution is 2.30. The summed E-state index contributed by atoms with van der Waals surface area (Å²) in [6.07, 6.45) is 0.0725. The van der Waals surface area contributed by atoms with Crippen molar-refractivity contribution < 1.29 is 13.2 Å². The van der Waals surface area contributed by atoms with Gasteiger partial charge in [-0.2, -0.15) is 18.3 Å². The highest BCUT2D eigenvalue weighted by Gasteiger charge is 2.31. The van der Waals surface area contributed by atoms with Crippen LogP contribution in [0, 0.1) is 6.57 Å². The van der Waals surface area contributed by atoms with E-state index in [0.29, 0.717) is 24.7 Å². The molecule has 10 heteroatoms. The second-order valence-electron chi connectivity index (χ2n) is 7.34. The first kappa shape index (κ1) is 20.0. The minimum atomic E-state index is -4.38. The number of H-pyrrole nitrogens is 2. The number of aromatic nitrogens is 4. The lowest BCUT2D eigenvalue weighted by atomic mass is 10.1. The fourth-order valence-corrected chi connectivity index (χ4v) is 3.75. The first-order valence-electron chi connectivity index (χ1n) is 9.46. The molecule has 1 fully saturated rings. The number of anilines is 1. The van der Waals surface area contributed by atoms with E-state index in [9.17, 15) is 13.2 Å². The zero-order valence-electron chi connectivity index (χ0n) is 16.2. The van der Waals surface area contributed by atoms with E-state index in [0.717, 1.165) is 42.2 Å². The van der Waals surface area contributed by atoms with Crippen molar-refractivity contribution in [2.24, 2.45) is 0 Å². The Bertz CT molecular complexity index is 1050. The van der Waals surface area contributed by atoms with Crippen LogP contribution in [-0.2, 0) is 12.7 Å². The third kappa shape index (κ3) is 4.02. The van der Waals surface area contributed by atoms with Crippen molar-refractivity contribution in [1.29, 1.82) is 0 Å². The van der Waals surface area contributed by atoms with Gasteiger partial charge in [0.1, 0.15) is 5.82 Å². The molecule has 156 valence electrons.